The van der Waals surface area contributed by atoms with Crippen LogP contribution < -0.4 is 0 Å². The van der Waals surface area contributed by atoms with Gasteiger partial charge in [0.2, 0.25) is 0 Å². The molecule has 1 aliphatic carbocycles. The van der Waals surface area contributed by atoms with Crippen molar-refractivity contribution in [2.75, 3.05) is 0 Å². The van der Waals surface area contributed by atoms with Crippen LogP contribution in [0.3, 0.4) is 0 Å². The van der Waals surface area contributed by atoms with Gasteiger partial charge in [-0.15, -0.1) is 0 Å². The molecule has 5 rings (SSSR count). The Kier molecular flexibility index (Phi) is 8.61. The Morgan fingerprint density at radius 2 is 1.82 bits per heavy atom. The van der Waals surface area contributed by atoms with Crippen LogP contribution in [0.2, 0.25) is 0 Å². The minimum atomic E-state index is -2.85. The molecule has 0 bridgehead atoms. The van der Waals surface area contributed by atoms with Crippen LogP contribution in [0.25, 0.3) is 11.1 Å². The highest BCUT2D eigenvalue weighted by atomic mass is 19.3. The summed E-state index contributed by atoms with van der Waals surface area (Å²) in [6, 6.07) is 8.34. The Hall–Kier alpha value is -3.75. The van der Waals surface area contributed by atoms with Crippen molar-refractivity contribution >= 4 is 5.78 Å². The van der Waals surface area contributed by atoms with Gasteiger partial charge in [0.15, 0.2) is 0 Å². The second-order valence-corrected chi connectivity index (χ2v) is 10.3. The van der Waals surface area contributed by atoms with Gasteiger partial charge in [-0.05, 0) is 61.1 Å². The van der Waals surface area contributed by atoms with Crippen LogP contribution in [0.1, 0.15) is 77.0 Å². The standard InChI is InChI=1S/C29H29F3N4O2.C2H6.2H2/c1-18-10-23(36(3)35-18)14-27-33-15-22(16-34-27)20-5-6-21(25(30)13-20)12-24(37)7-4-19-11-26(38-17-19)29(8-9-29)28(2,31)32;1-2;;/h5-6,10-11,13,15-17H,4,7-9,12,14H2,1-3H3;1-2H3;2*1H. The number of ketones is 1. The normalized spacial score (nSPS) is 14.0. The lowest BCUT2D eigenvalue weighted by atomic mass is 9.95. The van der Waals surface area contributed by atoms with Crippen molar-refractivity contribution in [1.29, 1.82) is 0 Å². The van der Waals surface area contributed by atoms with E-state index in [0.717, 1.165) is 18.3 Å². The second kappa shape index (κ2) is 11.8. The fourth-order valence-electron chi connectivity index (χ4n) is 4.83. The monoisotopic (exact) mass is 556 g/mol. The zero-order valence-electron chi connectivity index (χ0n) is 23.6. The van der Waals surface area contributed by atoms with Crippen molar-refractivity contribution < 1.29 is 25.2 Å². The van der Waals surface area contributed by atoms with Crippen molar-refractivity contribution in [3.8, 4) is 11.1 Å². The first-order chi connectivity index (χ1) is 19.0. The highest BCUT2D eigenvalue weighted by Gasteiger charge is 2.62. The van der Waals surface area contributed by atoms with Crippen LogP contribution in [0.5, 0.6) is 0 Å². The Labute approximate surface area is 235 Å². The lowest BCUT2D eigenvalue weighted by Gasteiger charge is -2.20. The maximum absolute atomic E-state index is 14.8. The Bertz CT molecular complexity index is 1480. The van der Waals surface area contributed by atoms with Gasteiger partial charge in [0.05, 0.1) is 17.4 Å². The van der Waals surface area contributed by atoms with E-state index in [1.54, 1.807) is 35.3 Å². The number of rotatable bonds is 10. The molecule has 40 heavy (non-hydrogen) atoms. The molecule has 1 fully saturated rings. The number of furan rings is 1. The van der Waals surface area contributed by atoms with Crippen molar-refractivity contribution in [2.24, 2.45) is 7.05 Å². The molecule has 0 spiro atoms. The zero-order valence-corrected chi connectivity index (χ0v) is 23.6. The Morgan fingerprint density at radius 1 is 1.12 bits per heavy atom. The van der Waals surface area contributed by atoms with Gasteiger partial charge in [-0.3, -0.25) is 9.48 Å². The molecule has 216 valence electrons. The molecule has 0 atom stereocenters. The molecule has 1 saturated carbocycles. The lowest BCUT2D eigenvalue weighted by Crippen LogP contribution is -2.29. The summed E-state index contributed by atoms with van der Waals surface area (Å²) in [7, 11) is 1.87. The number of alkyl halides is 2. The van der Waals surface area contributed by atoms with Gasteiger partial charge in [0.25, 0.3) is 5.92 Å². The molecule has 9 heteroatoms. The number of aromatic nitrogens is 4. The maximum Gasteiger partial charge on any atom is 0.257 e. The highest BCUT2D eigenvalue weighted by Crippen LogP contribution is 2.58. The van der Waals surface area contributed by atoms with Crippen LogP contribution in [0.15, 0.2) is 53.4 Å². The molecule has 1 aromatic carbocycles. The lowest BCUT2D eigenvalue weighted by molar-refractivity contribution is -0.118. The molecule has 3 aromatic heterocycles. The first-order valence-corrected chi connectivity index (χ1v) is 13.6. The topological polar surface area (TPSA) is 73.8 Å². The average Bonchev–Trinajstić information content (AvgIpc) is 3.51. The van der Waals surface area contributed by atoms with Gasteiger partial charge in [-0.2, -0.15) is 5.10 Å². The summed E-state index contributed by atoms with van der Waals surface area (Å²) in [5.74, 6) is -2.55. The van der Waals surface area contributed by atoms with Crippen LogP contribution >= 0.6 is 0 Å². The first-order valence-electron chi connectivity index (χ1n) is 13.6. The number of nitrogens with zero attached hydrogens (tertiary/aromatic N) is 4. The summed E-state index contributed by atoms with van der Waals surface area (Å²) in [5, 5.41) is 4.32. The maximum atomic E-state index is 14.8. The number of carbonyl (C=O) groups is 1. The number of aryl methyl sites for hydroxylation is 3. The minimum absolute atomic E-state index is 0. The number of hydrogen-bond acceptors (Lipinski definition) is 5. The van der Waals surface area contributed by atoms with Gasteiger partial charge in [0, 0.05) is 59.7 Å². The first kappa shape index (κ1) is 29.2. The van der Waals surface area contributed by atoms with E-state index in [9.17, 15) is 18.0 Å². The quantitative estimate of drug-likeness (QED) is 0.203. The van der Waals surface area contributed by atoms with E-state index in [0.29, 0.717) is 53.8 Å². The predicted molar refractivity (Wildman–Crippen MR) is 151 cm³/mol. The second-order valence-electron chi connectivity index (χ2n) is 10.3. The molecule has 0 amide bonds. The summed E-state index contributed by atoms with van der Waals surface area (Å²) >= 11 is 0. The molecule has 6 nitrogen and oxygen atoms in total. The van der Waals surface area contributed by atoms with Crippen LogP contribution in [0.4, 0.5) is 13.2 Å². The van der Waals surface area contributed by atoms with Crippen molar-refractivity contribution in [1.82, 2.24) is 19.7 Å². The van der Waals surface area contributed by atoms with Crippen LogP contribution in [-0.2, 0) is 36.5 Å². The number of hydrogen-bond donors (Lipinski definition) is 0. The molecule has 0 aliphatic heterocycles. The predicted octanol–water partition coefficient (Wildman–Crippen LogP) is 7.46. The molecule has 1 aliphatic rings. The summed E-state index contributed by atoms with van der Waals surface area (Å²) in [4.78, 5) is 21.4. The third kappa shape index (κ3) is 6.35. The fraction of sp³-hybridized carbons (Fsp3) is 0.419. The van der Waals surface area contributed by atoms with E-state index in [4.69, 9.17) is 4.42 Å². The number of Topliss-reactive ketones (excluding diaryl/α,β-unsaturated/α-hetero) is 1. The highest BCUT2D eigenvalue weighted by molar-refractivity contribution is 5.81. The summed E-state index contributed by atoms with van der Waals surface area (Å²) in [5.41, 5.74) is 3.00. The minimum Gasteiger partial charge on any atom is -0.468 e. The number of benzene rings is 1. The molecule has 0 unspecified atom stereocenters. The fourth-order valence-corrected chi connectivity index (χ4v) is 4.83. The van der Waals surface area contributed by atoms with Gasteiger partial charge >= 0.3 is 0 Å². The molecular formula is C31H39F3N4O2. The summed E-state index contributed by atoms with van der Waals surface area (Å²) in [6.45, 7) is 6.84. The van der Waals surface area contributed by atoms with E-state index in [1.807, 2.05) is 33.9 Å². The van der Waals surface area contributed by atoms with E-state index in [1.165, 1.54) is 12.3 Å². The van der Waals surface area contributed by atoms with Crippen molar-refractivity contribution in [2.45, 2.75) is 77.6 Å². The van der Waals surface area contributed by atoms with Crippen molar-refractivity contribution in [3.63, 3.8) is 0 Å². The van der Waals surface area contributed by atoms with Crippen molar-refractivity contribution in [3.05, 3.63) is 88.9 Å². The molecule has 4 aromatic rings. The average molecular weight is 557 g/mol. The van der Waals surface area contributed by atoms with Crippen LogP contribution in [-0.4, -0.2) is 31.5 Å². The van der Waals surface area contributed by atoms with Gasteiger partial charge in [-0.1, -0.05) is 26.0 Å². The summed E-state index contributed by atoms with van der Waals surface area (Å²) < 4.78 is 49.9. The largest absolute Gasteiger partial charge is 0.468 e. The molecule has 0 N–H and O–H groups in total. The van der Waals surface area contributed by atoms with Gasteiger partial charge in [-0.25, -0.2) is 23.1 Å². The molecule has 0 saturated heterocycles. The number of carbonyl (C=O) groups excluding carboxylic acids is 1. The molecule has 3 heterocycles. The number of halogens is 3. The summed E-state index contributed by atoms with van der Waals surface area (Å²) in [6.07, 6.45) is 6.55. The van der Waals surface area contributed by atoms with Gasteiger partial charge in [0.1, 0.15) is 23.2 Å². The Morgan fingerprint density at radius 3 is 2.40 bits per heavy atom. The van der Waals surface area contributed by atoms with Crippen LogP contribution in [0, 0.1) is 12.7 Å². The third-order valence-electron chi connectivity index (χ3n) is 7.33. The molecule has 0 radical (unpaired) electrons. The smallest absolute Gasteiger partial charge is 0.257 e. The van der Waals surface area contributed by atoms with E-state index in [2.05, 4.69) is 15.1 Å². The Balaban J connectivity index is 0.00000151. The van der Waals surface area contributed by atoms with E-state index >= 15 is 0 Å². The SMILES string of the molecule is CC.Cc1cc(Cc2ncc(-c3ccc(CC(=O)CCc4coc(C5(C(C)(F)F)CC5)c4)c(F)c3)cn2)n(C)n1.[HH].[HH]. The van der Waals surface area contributed by atoms with Gasteiger partial charge < -0.3 is 4.42 Å². The van der Waals surface area contributed by atoms with E-state index in [-0.39, 0.29) is 27.2 Å². The molecular weight excluding hydrogens is 517 g/mol. The zero-order chi connectivity index (χ0) is 29.1. The third-order valence-corrected chi connectivity index (χ3v) is 7.33. The van der Waals surface area contributed by atoms with E-state index < -0.39 is 17.2 Å².